The molecule has 1 aromatic heterocycles. The molecule has 1 fully saturated rings. The van der Waals surface area contributed by atoms with Crippen LogP contribution in [-0.4, -0.2) is 66.0 Å². The van der Waals surface area contributed by atoms with E-state index in [1.807, 2.05) is 39.1 Å². The molecule has 1 unspecified atom stereocenters. The molecule has 0 radical (unpaired) electrons. The van der Waals surface area contributed by atoms with Gasteiger partial charge in [0.25, 0.3) is 0 Å². The smallest absolute Gasteiger partial charge is 0.128 e. The third-order valence-corrected chi connectivity index (χ3v) is 4.05. The second kappa shape index (κ2) is 7.73. The van der Waals surface area contributed by atoms with Crippen LogP contribution in [0.15, 0.2) is 22.8 Å². The SMILES string of the molecule is CC(C)(C)OCC(O)CN1CCN(c2ccc(Br)cn2)CC1. The van der Waals surface area contributed by atoms with E-state index in [2.05, 4.69) is 30.7 Å². The van der Waals surface area contributed by atoms with E-state index < -0.39 is 6.10 Å². The number of aliphatic hydroxyl groups excluding tert-OH is 1. The van der Waals surface area contributed by atoms with E-state index >= 15 is 0 Å². The van der Waals surface area contributed by atoms with Gasteiger partial charge < -0.3 is 14.7 Å². The summed E-state index contributed by atoms with van der Waals surface area (Å²) < 4.78 is 6.63. The maximum atomic E-state index is 10.1. The average Bonchev–Trinajstić information content (AvgIpc) is 2.46. The Morgan fingerprint density at radius 3 is 2.50 bits per heavy atom. The van der Waals surface area contributed by atoms with Crippen LogP contribution in [0, 0.1) is 0 Å². The molecule has 1 N–H and O–H groups in total. The molecule has 124 valence electrons. The van der Waals surface area contributed by atoms with Gasteiger partial charge >= 0.3 is 0 Å². The number of nitrogens with zero attached hydrogens (tertiary/aromatic N) is 3. The summed E-state index contributed by atoms with van der Waals surface area (Å²) in [4.78, 5) is 9.00. The van der Waals surface area contributed by atoms with Crippen molar-refractivity contribution in [1.82, 2.24) is 9.88 Å². The van der Waals surface area contributed by atoms with Crippen LogP contribution >= 0.6 is 15.9 Å². The molecule has 0 bridgehead atoms. The Labute approximate surface area is 141 Å². The van der Waals surface area contributed by atoms with Crippen LogP contribution < -0.4 is 4.90 Å². The van der Waals surface area contributed by atoms with E-state index in [1.54, 1.807) is 0 Å². The largest absolute Gasteiger partial charge is 0.389 e. The Hall–Kier alpha value is -0.690. The Morgan fingerprint density at radius 2 is 1.95 bits per heavy atom. The number of hydrogen-bond acceptors (Lipinski definition) is 5. The van der Waals surface area contributed by atoms with Crippen molar-refractivity contribution in [2.45, 2.75) is 32.5 Å². The molecule has 1 aliphatic rings. The number of β-amino-alcohol motifs (C(OH)–C–C–N with tert-alkyl or cyclic N) is 1. The maximum absolute atomic E-state index is 10.1. The Morgan fingerprint density at radius 1 is 1.27 bits per heavy atom. The summed E-state index contributed by atoms with van der Waals surface area (Å²) in [6.45, 7) is 10.8. The molecule has 0 amide bonds. The van der Waals surface area contributed by atoms with E-state index in [0.29, 0.717) is 13.2 Å². The molecule has 0 aliphatic carbocycles. The van der Waals surface area contributed by atoms with Crippen LogP contribution in [0.25, 0.3) is 0 Å². The van der Waals surface area contributed by atoms with E-state index in [-0.39, 0.29) is 5.60 Å². The highest BCUT2D eigenvalue weighted by Crippen LogP contribution is 2.16. The van der Waals surface area contributed by atoms with Crippen molar-refractivity contribution in [3.05, 3.63) is 22.8 Å². The molecular weight excluding hydrogens is 346 g/mol. The predicted octanol–water partition coefficient (Wildman–Crippen LogP) is 2.14. The number of aliphatic hydroxyl groups is 1. The van der Waals surface area contributed by atoms with Gasteiger partial charge in [0.05, 0.1) is 18.3 Å². The highest BCUT2D eigenvalue weighted by atomic mass is 79.9. The van der Waals surface area contributed by atoms with E-state index in [1.165, 1.54) is 0 Å². The highest BCUT2D eigenvalue weighted by Gasteiger charge is 2.21. The third kappa shape index (κ3) is 5.83. The summed E-state index contributed by atoms with van der Waals surface area (Å²) in [5, 5.41) is 10.1. The number of ether oxygens (including phenoxy) is 1. The summed E-state index contributed by atoms with van der Waals surface area (Å²) in [5.74, 6) is 1.01. The van der Waals surface area contributed by atoms with Gasteiger partial charge in [-0.15, -0.1) is 0 Å². The van der Waals surface area contributed by atoms with E-state index in [0.717, 1.165) is 36.5 Å². The molecule has 0 aromatic carbocycles. The first-order valence-electron chi connectivity index (χ1n) is 7.74. The van der Waals surface area contributed by atoms with Crippen molar-refractivity contribution < 1.29 is 9.84 Å². The van der Waals surface area contributed by atoms with Gasteiger partial charge in [-0.3, -0.25) is 4.90 Å². The molecule has 0 spiro atoms. The minimum Gasteiger partial charge on any atom is -0.389 e. The third-order valence-electron chi connectivity index (χ3n) is 3.59. The summed E-state index contributed by atoms with van der Waals surface area (Å²) in [6.07, 6.45) is 1.39. The lowest BCUT2D eigenvalue weighted by molar-refractivity contribution is -0.0563. The second-order valence-corrected chi connectivity index (χ2v) is 7.62. The number of hydrogen-bond donors (Lipinski definition) is 1. The zero-order valence-electron chi connectivity index (χ0n) is 13.6. The lowest BCUT2D eigenvalue weighted by Crippen LogP contribution is -2.49. The normalized spacial score (nSPS) is 18.5. The zero-order valence-corrected chi connectivity index (χ0v) is 15.2. The summed E-state index contributed by atoms with van der Waals surface area (Å²) in [5.41, 5.74) is -0.201. The van der Waals surface area contributed by atoms with Gasteiger partial charge in [-0.1, -0.05) is 0 Å². The van der Waals surface area contributed by atoms with Gasteiger partial charge in [0.1, 0.15) is 5.82 Å². The summed E-state index contributed by atoms with van der Waals surface area (Å²) >= 11 is 3.41. The molecule has 1 saturated heterocycles. The first kappa shape index (κ1) is 17.7. The van der Waals surface area contributed by atoms with Gasteiger partial charge in [0.15, 0.2) is 0 Å². The molecule has 22 heavy (non-hydrogen) atoms. The summed E-state index contributed by atoms with van der Waals surface area (Å²) in [6, 6.07) is 4.05. The molecule has 5 nitrogen and oxygen atoms in total. The highest BCUT2D eigenvalue weighted by molar-refractivity contribution is 9.10. The van der Waals surface area contributed by atoms with Crippen molar-refractivity contribution in [1.29, 1.82) is 0 Å². The van der Waals surface area contributed by atoms with Crippen LogP contribution in [0.4, 0.5) is 5.82 Å². The molecule has 2 rings (SSSR count). The molecule has 1 aliphatic heterocycles. The monoisotopic (exact) mass is 371 g/mol. The van der Waals surface area contributed by atoms with Crippen molar-refractivity contribution in [2.75, 3.05) is 44.2 Å². The quantitative estimate of drug-likeness (QED) is 0.858. The van der Waals surface area contributed by atoms with Crippen molar-refractivity contribution in [2.24, 2.45) is 0 Å². The fourth-order valence-corrected chi connectivity index (χ4v) is 2.65. The summed E-state index contributed by atoms with van der Waals surface area (Å²) in [7, 11) is 0. The first-order chi connectivity index (χ1) is 10.3. The minimum atomic E-state index is -0.434. The second-order valence-electron chi connectivity index (χ2n) is 6.70. The van der Waals surface area contributed by atoms with Crippen LogP contribution in [-0.2, 0) is 4.74 Å². The fraction of sp³-hybridized carbons (Fsp3) is 0.688. The number of anilines is 1. The van der Waals surface area contributed by atoms with Gasteiger partial charge in [-0.25, -0.2) is 4.98 Å². The molecule has 0 saturated carbocycles. The standard InChI is InChI=1S/C16H26BrN3O2/c1-16(2,3)22-12-14(21)11-19-6-8-20(9-7-19)15-5-4-13(17)10-18-15/h4-5,10,14,21H,6-9,11-12H2,1-3H3. The molecule has 2 heterocycles. The molecule has 1 atom stereocenters. The van der Waals surface area contributed by atoms with Crippen LogP contribution in [0.5, 0.6) is 0 Å². The number of aromatic nitrogens is 1. The van der Waals surface area contributed by atoms with Crippen LogP contribution in [0.1, 0.15) is 20.8 Å². The molecule has 6 heteroatoms. The fourth-order valence-electron chi connectivity index (χ4n) is 2.41. The number of halogens is 1. The van der Waals surface area contributed by atoms with Gasteiger partial charge in [-0.05, 0) is 48.8 Å². The van der Waals surface area contributed by atoms with Crippen LogP contribution in [0.3, 0.4) is 0 Å². The average molecular weight is 372 g/mol. The topological polar surface area (TPSA) is 48.8 Å². The van der Waals surface area contributed by atoms with Crippen molar-refractivity contribution in [3.63, 3.8) is 0 Å². The lowest BCUT2D eigenvalue weighted by atomic mass is 10.2. The zero-order chi connectivity index (χ0) is 16.2. The van der Waals surface area contributed by atoms with Gasteiger partial charge in [0, 0.05) is 43.4 Å². The van der Waals surface area contributed by atoms with Gasteiger partial charge in [0.2, 0.25) is 0 Å². The Kier molecular flexibility index (Phi) is 6.20. The molecule has 1 aromatic rings. The minimum absolute atomic E-state index is 0.201. The number of piperazine rings is 1. The first-order valence-corrected chi connectivity index (χ1v) is 8.54. The number of pyridine rings is 1. The van der Waals surface area contributed by atoms with Crippen molar-refractivity contribution in [3.8, 4) is 0 Å². The predicted molar refractivity (Wildman–Crippen MR) is 92.3 cm³/mol. The van der Waals surface area contributed by atoms with Crippen LogP contribution in [0.2, 0.25) is 0 Å². The van der Waals surface area contributed by atoms with Gasteiger partial charge in [-0.2, -0.15) is 0 Å². The Balaban J connectivity index is 1.74. The molecular formula is C16H26BrN3O2. The van der Waals surface area contributed by atoms with E-state index in [4.69, 9.17) is 4.74 Å². The van der Waals surface area contributed by atoms with Crippen molar-refractivity contribution >= 4 is 21.7 Å². The number of rotatable bonds is 5. The maximum Gasteiger partial charge on any atom is 0.128 e. The lowest BCUT2D eigenvalue weighted by Gasteiger charge is -2.36. The Bertz CT molecular complexity index is 453. The van der Waals surface area contributed by atoms with E-state index in [9.17, 15) is 5.11 Å².